The van der Waals surface area contributed by atoms with Gasteiger partial charge in [0.1, 0.15) is 0 Å². The third-order valence-electron chi connectivity index (χ3n) is 12.8. The Morgan fingerprint density at radius 2 is 1.43 bits per heavy atom. The van der Waals surface area contributed by atoms with Gasteiger partial charge in [0.05, 0.1) is 31.4 Å². The standard InChI is InChI=1S/C46H59FN4O6Si/c1-33-44(58(2,3)47)40(30-43(55)48(27-28-52)31-34-15-9-8-10-16-34)57-46(33)38-29-37(50-26-14-7-5-12-18-42(50)54)23-24-39(38)51(45(46)56)32-35-19-21-36(22-20-35)49-25-13-6-4-11-17-41(49)53/h8-10,15-16,19-24,29,33,40,44,52H,4-7,11-14,17-18,25-28,30-32H2,1-3H3/t33-,40+,44-,46+/m1/s1. The minimum absolute atomic E-state index is 0.0370. The molecule has 1 spiro atoms. The lowest BCUT2D eigenvalue weighted by molar-refractivity contribution is -0.150. The van der Waals surface area contributed by atoms with E-state index < -0.39 is 31.6 Å². The van der Waals surface area contributed by atoms with E-state index in [1.54, 1.807) is 22.9 Å². The molecule has 0 aromatic heterocycles. The molecule has 3 fully saturated rings. The Hall–Kier alpha value is -4.39. The van der Waals surface area contributed by atoms with Crippen molar-refractivity contribution in [2.24, 2.45) is 5.92 Å². The molecule has 4 aliphatic heterocycles. The van der Waals surface area contributed by atoms with Crippen LogP contribution in [-0.4, -0.2) is 74.4 Å². The summed E-state index contributed by atoms with van der Waals surface area (Å²) in [5.41, 5.74) is 2.21. The Balaban J connectivity index is 1.25. The highest BCUT2D eigenvalue weighted by molar-refractivity contribution is 6.72. The quantitative estimate of drug-likeness (QED) is 0.155. The Labute approximate surface area is 343 Å². The summed E-state index contributed by atoms with van der Waals surface area (Å²) in [5.74, 6) is -1.07. The van der Waals surface area contributed by atoms with Crippen molar-refractivity contribution in [2.75, 3.05) is 40.9 Å². The normalized spacial score (nSPS) is 24.4. The van der Waals surface area contributed by atoms with Gasteiger partial charge in [-0.05, 0) is 80.2 Å². The number of hydrogen-bond acceptors (Lipinski definition) is 6. The molecule has 0 aliphatic carbocycles. The first kappa shape index (κ1) is 41.8. The van der Waals surface area contributed by atoms with Crippen molar-refractivity contribution in [3.63, 3.8) is 0 Å². The van der Waals surface area contributed by atoms with Gasteiger partial charge in [-0.2, -0.15) is 0 Å². The summed E-state index contributed by atoms with van der Waals surface area (Å²) in [7, 11) is -3.60. The minimum atomic E-state index is -3.60. The highest BCUT2D eigenvalue weighted by atomic mass is 28.4. The maximum atomic E-state index is 16.8. The van der Waals surface area contributed by atoms with Crippen molar-refractivity contribution >= 4 is 49.1 Å². The van der Waals surface area contributed by atoms with Gasteiger partial charge in [-0.3, -0.25) is 19.2 Å². The number of fused-ring (bicyclic) bond motifs is 2. The molecular formula is C46H59FN4O6Si. The number of amides is 4. The number of anilines is 3. The molecule has 0 bridgehead atoms. The van der Waals surface area contributed by atoms with Crippen molar-refractivity contribution in [2.45, 2.75) is 121 Å². The molecule has 0 unspecified atom stereocenters. The third-order valence-corrected chi connectivity index (χ3v) is 15.3. The number of halogens is 1. The first-order valence-corrected chi connectivity index (χ1v) is 24.3. The summed E-state index contributed by atoms with van der Waals surface area (Å²) in [6.07, 6.45) is 7.69. The molecular weight excluding hydrogens is 752 g/mol. The second kappa shape index (κ2) is 17.8. The van der Waals surface area contributed by atoms with E-state index in [2.05, 4.69) is 0 Å². The third kappa shape index (κ3) is 8.51. The van der Waals surface area contributed by atoms with Gasteiger partial charge < -0.3 is 33.6 Å². The van der Waals surface area contributed by atoms with E-state index in [9.17, 15) is 19.5 Å². The Kier molecular flexibility index (Phi) is 12.8. The van der Waals surface area contributed by atoms with Gasteiger partial charge >= 0.3 is 0 Å². The Morgan fingerprint density at radius 1 is 0.828 bits per heavy atom. The van der Waals surface area contributed by atoms with E-state index in [-0.39, 0.29) is 56.3 Å². The Bertz CT molecular complexity index is 1960. The summed E-state index contributed by atoms with van der Waals surface area (Å²) < 4.78 is 23.8. The molecule has 4 atom stereocenters. The predicted octanol–water partition coefficient (Wildman–Crippen LogP) is 8.01. The molecule has 58 heavy (non-hydrogen) atoms. The maximum Gasteiger partial charge on any atom is 0.264 e. The lowest BCUT2D eigenvalue weighted by Crippen LogP contribution is -2.45. The van der Waals surface area contributed by atoms with Crippen molar-refractivity contribution in [1.29, 1.82) is 0 Å². The van der Waals surface area contributed by atoms with Gasteiger partial charge in [-0.15, -0.1) is 0 Å². The zero-order chi connectivity index (χ0) is 41.0. The zero-order valence-electron chi connectivity index (χ0n) is 34.3. The van der Waals surface area contributed by atoms with Gasteiger partial charge in [-0.25, -0.2) is 0 Å². The van der Waals surface area contributed by atoms with Crippen LogP contribution in [0.2, 0.25) is 18.6 Å². The van der Waals surface area contributed by atoms with Crippen LogP contribution in [0.15, 0.2) is 72.8 Å². The molecule has 0 saturated carbocycles. The fourth-order valence-electron chi connectivity index (χ4n) is 9.91. The zero-order valence-corrected chi connectivity index (χ0v) is 35.3. The number of ether oxygens (including phenoxy) is 1. The van der Waals surface area contributed by atoms with Crippen LogP contribution in [0.4, 0.5) is 21.2 Å². The van der Waals surface area contributed by atoms with Crippen LogP contribution in [0.1, 0.15) is 94.2 Å². The van der Waals surface area contributed by atoms with Crippen LogP contribution >= 0.6 is 0 Å². The summed E-state index contributed by atoms with van der Waals surface area (Å²) in [5, 5.41) is 9.94. The monoisotopic (exact) mass is 810 g/mol. The van der Waals surface area contributed by atoms with Crippen molar-refractivity contribution < 1.29 is 33.1 Å². The summed E-state index contributed by atoms with van der Waals surface area (Å²) in [6, 6.07) is 23.0. The number of aliphatic hydroxyl groups is 1. The molecule has 0 radical (unpaired) electrons. The number of benzene rings is 3. The van der Waals surface area contributed by atoms with E-state index in [1.165, 1.54) is 0 Å². The van der Waals surface area contributed by atoms with Crippen molar-refractivity contribution in [1.82, 2.24) is 4.90 Å². The van der Waals surface area contributed by atoms with E-state index in [1.807, 2.05) is 89.5 Å². The fourth-order valence-corrected chi connectivity index (χ4v) is 12.4. The van der Waals surface area contributed by atoms with Gasteiger partial charge in [0.15, 0.2) is 5.60 Å². The molecule has 10 nitrogen and oxygen atoms in total. The van der Waals surface area contributed by atoms with E-state index in [0.717, 1.165) is 68.2 Å². The highest BCUT2D eigenvalue weighted by Crippen LogP contribution is 2.61. The van der Waals surface area contributed by atoms with E-state index in [0.29, 0.717) is 42.9 Å². The predicted molar refractivity (Wildman–Crippen MR) is 227 cm³/mol. The van der Waals surface area contributed by atoms with E-state index in [4.69, 9.17) is 4.74 Å². The summed E-state index contributed by atoms with van der Waals surface area (Å²) in [6.45, 7) is 6.74. The molecule has 4 aliphatic rings. The number of carbonyl (C=O) groups is 4. The molecule has 4 amide bonds. The number of rotatable bonds is 11. The van der Waals surface area contributed by atoms with Gasteiger partial charge in [-0.1, -0.05) is 75.1 Å². The van der Waals surface area contributed by atoms with Crippen molar-refractivity contribution in [3.8, 4) is 0 Å². The van der Waals surface area contributed by atoms with Crippen LogP contribution < -0.4 is 14.7 Å². The first-order valence-electron chi connectivity index (χ1n) is 21.4. The average molecular weight is 811 g/mol. The lowest BCUT2D eigenvalue weighted by atomic mass is 9.82. The fraction of sp³-hybridized carbons (Fsp3) is 0.522. The van der Waals surface area contributed by atoms with Crippen LogP contribution in [-0.2, 0) is 42.6 Å². The van der Waals surface area contributed by atoms with Crippen LogP contribution in [0.5, 0.6) is 0 Å². The molecule has 12 heteroatoms. The molecule has 4 heterocycles. The highest BCUT2D eigenvalue weighted by Gasteiger charge is 2.67. The van der Waals surface area contributed by atoms with Gasteiger partial charge in [0, 0.05) is 67.4 Å². The summed E-state index contributed by atoms with van der Waals surface area (Å²) >= 11 is 0. The second-order valence-corrected chi connectivity index (χ2v) is 21.0. The van der Waals surface area contributed by atoms with Crippen molar-refractivity contribution in [3.05, 3.63) is 89.5 Å². The minimum Gasteiger partial charge on any atom is -0.395 e. The largest absolute Gasteiger partial charge is 0.395 e. The average Bonchev–Trinajstić information content (AvgIpc) is 3.61. The molecule has 1 N–H and O–H groups in total. The Morgan fingerprint density at radius 3 is 2.05 bits per heavy atom. The van der Waals surface area contributed by atoms with Crippen LogP contribution in [0.25, 0.3) is 0 Å². The number of hydrogen-bond donors (Lipinski definition) is 1. The SMILES string of the molecule is C[C@@H]1[C@@H]([Si](C)(C)F)[C@H](CC(=O)N(CCO)Cc2ccccc2)O[C@@]12C(=O)N(Cc1ccc(N3CCCCCCC3=O)cc1)c1ccc(N3CCCCCCC3=O)cc12. The van der Waals surface area contributed by atoms with Crippen LogP contribution in [0.3, 0.4) is 0 Å². The molecule has 310 valence electrons. The number of carbonyl (C=O) groups excluding carboxylic acids is 4. The lowest BCUT2D eigenvalue weighted by Gasteiger charge is -2.32. The van der Waals surface area contributed by atoms with Gasteiger partial charge in [0.25, 0.3) is 5.91 Å². The van der Waals surface area contributed by atoms with E-state index >= 15 is 8.90 Å². The van der Waals surface area contributed by atoms with Crippen LogP contribution in [0, 0.1) is 5.92 Å². The molecule has 7 rings (SSSR count). The molecule has 3 aromatic carbocycles. The maximum absolute atomic E-state index is 16.8. The number of aliphatic hydroxyl groups excluding tert-OH is 1. The molecule has 3 aromatic rings. The summed E-state index contributed by atoms with van der Waals surface area (Å²) in [4.78, 5) is 62.9. The topological polar surface area (TPSA) is 111 Å². The first-order chi connectivity index (χ1) is 27.9. The second-order valence-electron chi connectivity index (χ2n) is 17.2. The molecule has 3 saturated heterocycles. The van der Waals surface area contributed by atoms with Gasteiger partial charge in [0.2, 0.25) is 26.1 Å². The smallest absolute Gasteiger partial charge is 0.264 e. The number of nitrogens with zero attached hydrogens (tertiary/aromatic N) is 4.